The fraction of sp³-hybridized carbons (Fsp3) is 0.737. The number of piperidine rings is 1. The summed E-state index contributed by atoms with van der Waals surface area (Å²) in [5, 5.41) is 0. The molecule has 1 aromatic rings. The van der Waals surface area contributed by atoms with Crippen molar-refractivity contribution in [3.63, 3.8) is 0 Å². The first kappa shape index (κ1) is 18.1. The molecule has 0 radical (unpaired) electrons. The largest absolute Gasteiger partial charge is 0.375 e. The van der Waals surface area contributed by atoms with E-state index in [1.54, 1.807) is 6.92 Å². The Kier molecular flexibility index (Phi) is 5.27. The van der Waals surface area contributed by atoms with Crippen molar-refractivity contribution in [3.8, 4) is 0 Å². The summed E-state index contributed by atoms with van der Waals surface area (Å²) in [6, 6.07) is 2.31. The predicted octanol–water partition coefficient (Wildman–Crippen LogP) is 2.48. The van der Waals surface area contributed by atoms with Gasteiger partial charge in [-0.05, 0) is 52.5 Å². The number of anilines is 1. The van der Waals surface area contributed by atoms with Crippen LogP contribution in [0.1, 0.15) is 50.9 Å². The lowest BCUT2D eigenvalue weighted by Crippen LogP contribution is -2.54. The summed E-state index contributed by atoms with van der Waals surface area (Å²) in [4.78, 5) is 25.4. The fourth-order valence-electron chi connectivity index (χ4n) is 4.32. The van der Waals surface area contributed by atoms with Crippen LogP contribution in [0.4, 0.5) is 5.95 Å². The molecule has 3 heterocycles. The maximum Gasteiger partial charge on any atom is 0.225 e. The molecule has 2 saturated heterocycles. The Morgan fingerprint density at radius 1 is 1.32 bits per heavy atom. The Morgan fingerprint density at radius 2 is 1.96 bits per heavy atom. The second-order valence-electron chi connectivity index (χ2n) is 7.42. The normalized spacial score (nSPS) is 22.9. The van der Waals surface area contributed by atoms with Crippen LogP contribution in [0.2, 0.25) is 0 Å². The van der Waals surface area contributed by atoms with E-state index >= 15 is 0 Å². The number of rotatable bonds is 3. The molecule has 1 spiro atoms. The summed E-state index contributed by atoms with van der Waals surface area (Å²) in [5.41, 5.74) is 1.93. The molecule has 138 valence electrons. The van der Waals surface area contributed by atoms with Gasteiger partial charge in [0.2, 0.25) is 11.9 Å². The second-order valence-corrected chi connectivity index (χ2v) is 7.42. The fourth-order valence-corrected chi connectivity index (χ4v) is 4.32. The number of carbonyl (C=O) groups excluding carboxylic acids is 1. The topological polar surface area (TPSA) is 58.6 Å². The first-order valence-corrected chi connectivity index (χ1v) is 9.41. The third-order valence-corrected chi connectivity index (χ3v) is 5.58. The maximum atomic E-state index is 11.9. The van der Waals surface area contributed by atoms with Crippen LogP contribution >= 0.6 is 0 Å². The Balaban J connectivity index is 1.67. The lowest BCUT2D eigenvalue weighted by atomic mass is 9.82. The minimum Gasteiger partial charge on any atom is -0.375 e. The molecule has 0 unspecified atom stereocenters. The van der Waals surface area contributed by atoms with E-state index in [2.05, 4.69) is 21.8 Å². The number of amides is 1. The zero-order valence-corrected chi connectivity index (χ0v) is 15.9. The van der Waals surface area contributed by atoms with Crippen LogP contribution in [0, 0.1) is 13.8 Å². The predicted molar refractivity (Wildman–Crippen MR) is 97.7 cm³/mol. The average Bonchev–Trinajstić information content (AvgIpc) is 2.55. The average molecular weight is 346 g/mol. The van der Waals surface area contributed by atoms with Crippen LogP contribution < -0.4 is 4.90 Å². The quantitative estimate of drug-likeness (QED) is 0.841. The number of aromatic nitrogens is 2. The minimum absolute atomic E-state index is 0.0961. The van der Waals surface area contributed by atoms with Crippen molar-refractivity contribution in [3.05, 3.63) is 17.5 Å². The van der Waals surface area contributed by atoms with Gasteiger partial charge in [-0.25, -0.2) is 9.97 Å². The number of carbonyl (C=O) groups is 1. The Morgan fingerprint density at radius 3 is 2.52 bits per heavy atom. The first-order chi connectivity index (χ1) is 11.9. The number of aryl methyl sites for hydroxylation is 2. The van der Waals surface area contributed by atoms with E-state index in [1.807, 2.05) is 24.8 Å². The van der Waals surface area contributed by atoms with Crippen LogP contribution in [0.5, 0.6) is 0 Å². The van der Waals surface area contributed by atoms with Gasteiger partial charge in [0.05, 0.1) is 5.60 Å². The highest BCUT2D eigenvalue weighted by atomic mass is 16.5. The molecule has 2 fully saturated rings. The van der Waals surface area contributed by atoms with Crippen LogP contribution in [-0.4, -0.2) is 58.7 Å². The summed E-state index contributed by atoms with van der Waals surface area (Å²) in [6.07, 6.45) is 3.83. The highest BCUT2D eigenvalue weighted by molar-refractivity contribution is 5.73. The lowest BCUT2D eigenvalue weighted by Gasteiger charge is -2.48. The number of hydrogen-bond acceptors (Lipinski definition) is 5. The van der Waals surface area contributed by atoms with Gasteiger partial charge in [0.15, 0.2) is 0 Å². The standard InChI is InChI=1S/C19H30N4O2/c1-5-23(16(4)24)17-6-11-25-19(13-17)7-9-22(10-8-19)18-20-14(2)12-15(3)21-18/h12,17H,5-11,13H2,1-4H3/t17-/m0/s1. The van der Waals surface area contributed by atoms with E-state index < -0.39 is 0 Å². The van der Waals surface area contributed by atoms with Crippen LogP contribution in [0.25, 0.3) is 0 Å². The SMILES string of the molecule is CCN(C(C)=O)[C@H]1CCOC2(CCN(c3nc(C)cc(C)n3)CC2)C1. The van der Waals surface area contributed by atoms with Crippen molar-refractivity contribution >= 4 is 11.9 Å². The molecular formula is C19H30N4O2. The number of nitrogens with zero attached hydrogens (tertiary/aromatic N) is 4. The van der Waals surface area contributed by atoms with Crippen molar-refractivity contribution in [2.24, 2.45) is 0 Å². The van der Waals surface area contributed by atoms with Crippen LogP contribution in [0.15, 0.2) is 6.07 Å². The molecule has 2 aliphatic rings. The van der Waals surface area contributed by atoms with Gasteiger partial charge in [-0.15, -0.1) is 0 Å². The van der Waals surface area contributed by atoms with Crippen molar-refractivity contribution in [2.45, 2.75) is 65.0 Å². The molecule has 0 bridgehead atoms. The van der Waals surface area contributed by atoms with E-state index in [0.29, 0.717) is 6.04 Å². The molecule has 3 rings (SSSR count). The molecule has 0 saturated carbocycles. The highest BCUT2D eigenvalue weighted by Crippen LogP contribution is 2.37. The van der Waals surface area contributed by atoms with E-state index in [9.17, 15) is 4.79 Å². The monoisotopic (exact) mass is 346 g/mol. The van der Waals surface area contributed by atoms with E-state index in [0.717, 1.165) is 69.3 Å². The molecule has 1 amide bonds. The van der Waals surface area contributed by atoms with E-state index in [4.69, 9.17) is 4.74 Å². The van der Waals surface area contributed by atoms with Gasteiger partial charge in [0.1, 0.15) is 0 Å². The molecular weight excluding hydrogens is 316 g/mol. The molecule has 0 aromatic carbocycles. The van der Waals surface area contributed by atoms with Gasteiger partial charge in [0.25, 0.3) is 0 Å². The molecule has 6 heteroatoms. The zero-order valence-electron chi connectivity index (χ0n) is 15.9. The first-order valence-electron chi connectivity index (χ1n) is 9.41. The number of ether oxygens (including phenoxy) is 1. The summed E-state index contributed by atoms with van der Waals surface area (Å²) in [5.74, 6) is 1.00. The van der Waals surface area contributed by atoms with Crippen molar-refractivity contribution < 1.29 is 9.53 Å². The molecule has 1 atom stereocenters. The Hall–Kier alpha value is -1.69. The van der Waals surface area contributed by atoms with Crippen LogP contribution in [-0.2, 0) is 9.53 Å². The van der Waals surface area contributed by atoms with Crippen molar-refractivity contribution in [1.29, 1.82) is 0 Å². The third-order valence-electron chi connectivity index (χ3n) is 5.58. The maximum absolute atomic E-state index is 11.9. The van der Waals surface area contributed by atoms with Gasteiger partial charge in [-0.2, -0.15) is 0 Å². The molecule has 1 aromatic heterocycles. The number of hydrogen-bond donors (Lipinski definition) is 0. The third kappa shape index (κ3) is 3.94. The smallest absolute Gasteiger partial charge is 0.225 e. The molecule has 0 aliphatic carbocycles. The molecule has 2 aliphatic heterocycles. The Labute approximate surface area is 150 Å². The molecule has 6 nitrogen and oxygen atoms in total. The lowest BCUT2D eigenvalue weighted by molar-refractivity contribution is -0.143. The molecule has 0 N–H and O–H groups in total. The zero-order chi connectivity index (χ0) is 18.0. The van der Waals surface area contributed by atoms with E-state index in [1.165, 1.54) is 0 Å². The van der Waals surface area contributed by atoms with Gasteiger partial charge < -0.3 is 14.5 Å². The second kappa shape index (κ2) is 7.28. The summed E-state index contributed by atoms with van der Waals surface area (Å²) >= 11 is 0. The van der Waals surface area contributed by atoms with Gasteiger partial charge in [0, 0.05) is 50.6 Å². The summed E-state index contributed by atoms with van der Waals surface area (Å²) in [7, 11) is 0. The van der Waals surface area contributed by atoms with Gasteiger partial charge in [-0.3, -0.25) is 4.79 Å². The van der Waals surface area contributed by atoms with Gasteiger partial charge in [-0.1, -0.05) is 0 Å². The van der Waals surface area contributed by atoms with Crippen LogP contribution in [0.3, 0.4) is 0 Å². The minimum atomic E-state index is -0.0961. The van der Waals surface area contributed by atoms with Gasteiger partial charge >= 0.3 is 0 Å². The highest BCUT2D eigenvalue weighted by Gasteiger charge is 2.42. The summed E-state index contributed by atoms with van der Waals surface area (Å²) in [6.45, 7) is 11.1. The van der Waals surface area contributed by atoms with E-state index in [-0.39, 0.29) is 11.5 Å². The Bertz CT molecular complexity index is 606. The molecule has 25 heavy (non-hydrogen) atoms. The van der Waals surface area contributed by atoms with Crippen molar-refractivity contribution in [2.75, 3.05) is 31.1 Å². The van der Waals surface area contributed by atoms with Crippen molar-refractivity contribution in [1.82, 2.24) is 14.9 Å². The summed E-state index contributed by atoms with van der Waals surface area (Å²) < 4.78 is 6.24.